The van der Waals surface area contributed by atoms with Crippen LogP contribution in [-0.2, 0) is 6.54 Å². The molecule has 0 heterocycles. The second-order valence-corrected chi connectivity index (χ2v) is 4.68. The van der Waals surface area contributed by atoms with Gasteiger partial charge in [-0.2, -0.15) is 0 Å². The molecule has 1 unspecified atom stereocenters. The van der Waals surface area contributed by atoms with Crippen LogP contribution < -0.4 is 14.8 Å². The number of aliphatic hydroxyl groups excluding tert-OH is 1. The number of hydrogen-bond acceptors (Lipinski definition) is 4. The van der Waals surface area contributed by atoms with Gasteiger partial charge in [-0.15, -0.1) is 0 Å². The molecule has 0 bridgehead atoms. The van der Waals surface area contributed by atoms with Crippen molar-refractivity contribution in [3.05, 3.63) is 22.7 Å². The van der Waals surface area contributed by atoms with Crippen molar-refractivity contribution in [3.63, 3.8) is 0 Å². The lowest BCUT2D eigenvalue weighted by molar-refractivity contribution is 0.159. The third-order valence-corrected chi connectivity index (χ3v) is 3.42. The lowest BCUT2D eigenvalue weighted by Gasteiger charge is -2.14. The summed E-state index contributed by atoms with van der Waals surface area (Å²) in [6.45, 7) is 3.35. The average molecular weight is 288 g/mol. The molecule has 0 aliphatic carbocycles. The summed E-state index contributed by atoms with van der Waals surface area (Å²) in [5.41, 5.74) is 0.949. The van der Waals surface area contributed by atoms with Gasteiger partial charge in [0.1, 0.15) is 0 Å². The third-order valence-electron chi connectivity index (χ3n) is 3.01. The summed E-state index contributed by atoms with van der Waals surface area (Å²) in [7, 11) is 3.15. The molecule has 0 saturated heterocycles. The normalized spacial score (nSPS) is 12.3. The second kappa shape index (κ2) is 8.25. The number of hydrogen-bond donors (Lipinski definition) is 2. The van der Waals surface area contributed by atoms with Crippen molar-refractivity contribution in [1.82, 2.24) is 5.32 Å². The van der Waals surface area contributed by atoms with Gasteiger partial charge in [0.05, 0.1) is 25.3 Å². The molecule has 1 aromatic rings. The second-order valence-electron chi connectivity index (χ2n) is 4.30. The summed E-state index contributed by atoms with van der Waals surface area (Å²) in [4.78, 5) is 0. The number of rotatable bonds is 8. The molecule has 1 atom stereocenters. The van der Waals surface area contributed by atoms with Crippen LogP contribution in [0.1, 0.15) is 25.3 Å². The molecule has 0 amide bonds. The Labute approximate surface area is 119 Å². The number of aliphatic hydroxyl groups is 1. The molecular formula is C14H22ClNO3. The zero-order chi connectivity index (χ0) is 14.3. The predicted octanol–water partition coefficient (Wildman–Crippen LogP) is 2.61. The van der Waals surface area contributed by atoms with Crippen LogP contribution in [0.2, 0.25) is 5.02 Å². The lowest BCUT2D eigenvalue weighted by atomic mass is 10.1. The zero-order valence-electron chi connectivity index (χ0n) is 11.7. The van der Waals surface area contributed by atoms with E-state index in [1.165, 1.54) is 0 Å². The van der Waals surface area contributed by atoms with E-state index in [-0.39, 0.29) is 6.10 Å². The molecule has 2 N–H and O–H groups in total. The first-order chi connectivity index (χ1) is 9.13. The number of ether oxygens (including phenoxy) is 2. The molecule has 0 spiro atoms. The summed E-state index contributed by atoms with van der Waals surface area (Å²) in [5, 5.41) is 13.3. The van der Waals surface area contributed by atoms with Crippen LogP contribution in [0.25, 0.3) is 0 Å². The Kier molecular flexibility index (Phi) is 6.99. The van der Waals surface area contributed by atoms with Gasteiger partial charge in [-0.1, -0.05) is 24.6 Å². The molecule has 0 radical (unpaired) electrons. The number of halogens is 1. The Balaban J connectivity index is 2.59. The fraction of sp³-hybridized carbons (Fsp3) is 0.571. The van der Waals surface area contributed by atoms with Crippen LogP contribution >= 0.6 is 11.6 Å². The average Bonchev–Trinajstić information content (AvgIpc) is 2.44. The van der Waals surface area contributed by atoms with Crippen LogP contribution in [0.5, 0.6) is 11.5 Å². The molecule has 108 valence electrons. The van der Waals surface area contributed by atoms with Gasteiger partial charge >= 0.3 is 0 Å². The van der Waals surface area contributed by atoms with E-state index >= 15 is 0 Å². The highest BCUT2D eigenvalue weighted by Crippen LogP contribution is 2.37. The van der Waals surface area contributed by atoms with Crippen molar-refractivity contribution in [1.29, 1.82) is 0 Å². The predicted molar refractivity (Wildman–Crippen MR) is 77.2 cm³/mol. The maximum Gasteiger partial charge on any atom is 0.179 e. The number of nitrogens with one attached hydrogen (secondary N) is 1. The van der Waals surface area contributed by atoms with Crippen LogP contribution in [0.15, 0.2) is 12.1 Å². The molecule has 1 rings (SSSR count). The van der Waals surface area contributed by atoms with Gasteiger partial charge in [0.25, 0.3) is 0 Å². The van der Waals surface area contributed by atoms with Crippen molar-refractivity contribution >= 4 is 11.6 Å². The quantitative estimate of drug-likeness (QED) is 0.722. The van der Waals surface area contributed by atoms with E-state index in [9.17, 15) is 5.11 Å². The number of benzene rings is 1. The molecule has 0 saturated carbocycles. The molecule has 0 aromatic heterocycles. The van der Waals surface area contributed by atoms with E-state index in [4.69, 9.17) is 21.1 Å². The fourth-order valence-corrected chi connectivity index (χ4v) is 2.06. The Morgan fingerprint density at radius 2 is 2.05 bits per heavy atom. The first kappa shape index (κ1) is 16.1. The van der Waals surface area contributed by atoms with E-state index in [0.717, 1.165) is 24.9 Å². The smallest absolute Gasteiger partial charge is 0.179 e. The standard InChI is InChI=1S/C14H22ClNO3/c1-4-11(17)7-8-16-9-10-5-6-12(18-2)14(19-3)13(10)15/h5-6,11,16-17H,4,7-9H2,1-3H3. The largest absolute Gasteiger partial charge is 0.493 e. The number of methoxy groups -OCH3 is 2. The van der Waals surface area contributed by atoms with Crippen molar-refractivity contribution in [2.45, 2.75) is 32.4 Å². The SMILES string of the molecule is CCC(O)CCNCc1ccc(OC)c(OC)c1Cl. The van der Waals surface area contributed by atoms with Crippen molar-refractivity contribution in [2.75, 3.05) is 20.8 Å². The van der Waals surface area contributed by atoms with E-state index in [2.05, 4.69) is 5.32 Å². The maximum absolute atomic E-state index is 9.46. The van der Waals surface area contributed by atoms with Gasteiger partial charge in [-0.25, -0.2) is 0 Å². The van der Waals surface area contributed by atoms with Gasteiger partial charge in [0, 0.05) is 6.54 Å². The Bertz CT molecular complexity index is 399. The van der Waals surface area contributed by atoms with Gasteiger partial charge < -0.3 is 19.9 Å². The van der Waals surface area contributed by atoms with Crippen LogP contribution in [-0.4, -0.2) is 32.0 Å². The van der Waals surface area contributed by atoms with Crippen molar-refractivity contribution < 1.29 is 14.6 Å². The van der Waals surface area contributed by atoms with Gasteiger partial charge in [-0.3, -0.25) is 0 Å². The fourth-order valence-electron chi connectivity index (χ4n) is 1.76. The molecule has 19 heavy (non-hydrogen) atoms. The van der Waals surface area contributed by atoms with Gasteiger partial charge in [0.15, 0.2) is 11.5 Å². The van der Waals surface area contributed by atoms with E-state index in [0.29, 0.717) is 23.1 Å². The minimum absolute atomic E-state index is 0.242. The summed E-state index contributed by atoms with van der Waals surface area (Å²) >= 11 is 6.27. The Morgan fingerprint density at radius 3 is 2.63 bits per heavy atom. The summed E-state index contributed by atoms with van der Waals surface area (Å²) < 4.78 is 10.4. The molecule has 4 nitrogen and oxygen atoms in total. The maximum atomic E-state index is 9.46. The first-order valence-corrected chi connectivity index (χ1v) is 6.79. The highest BCUT2D eigenvalue weighted by Gasteiger charge is 2.12. The molecular weight excluding hydrogens is 266 g/mol. The van der Waals surface area contributed by atoms with E-state index in [1.807, 2.05) is 19.1 Å². The van der Waals surface area contributed by atoms with Crippen LogP contribution in [0.4, 0.5) is 0 Å². The molecule has 0 aliphatic heterocycles. The molecule has 0 fully saturated rings. The lowest BCUT2D eigenvalue weighted by Crippen LogP contribution is -2.20. The summed E-state index contributed by atoms with van der Waals surface area (Å²) in [5.74, 6) is 1.18. The van der Waals surface area contributed by atoms with Gasteiger partial charge in [0.2, 0.25) is 0 Å². The first-order valence-electron chi connectivity index (χ1n) is 6.42. The highest BCUT2D eigenvalue weighted by molar-refractivity contribution is 6.33. The molecule has 0 aliphatic rings. The summed E-state index contributed by atoms with van der Waals surface area (Å²) in [6, 6.07) is 3.75. The monoisotopic (exact) mass is 287 g/mol. The minimum Gasteiger partial charge on any atom is -0.493 e. The van der Waals surface area contributed by atoms with Crippen LogP contribution in [0, 0.1) is 0 Å². The third kappa shape index (κ3) is 4.56. The highest BCUT2D eigenvalue weighted by atomic mass is 35.5. The topological polar surface area (TPSA) is 50.7 Å². The molecule has 5 heteroatoms. The Hall–Kier alpha value is -0.970. The minimum atomic E-state index is -0.242. The van der Waals surface area contributed by atoms with Crippen LogP contribution in [0.3, 0.4) is 0 Å². The zero-order valence-corrected chi connectivity index (χ0v) is 12.5. The molecule has 1 aromatic carbocycles. The summed E-state index contributed by atoms with van der Waals surface area (Å²) in [6.07, 6.45) is 1.27. The van der Waals surface area contributed by atoms with Crippen molar-refractivity contribution in [2.24, 2.45) is 0 Å². The van der Waals surface area contributed by atoms with Crippen molar-refractivity contribution in [3.8, 4) is 11.5 Å². The van der Waals surface area contributed by atoms with E-state index in [1.54, 1.807) is 14.2 Å². The Morgan fingerprint density at radius 1 is 1.32 bits per heavy atom. The van der Waals surface area contributed by atoms with E-state index < -0.39 is 0 Å². The van der Waals surface area contributed by atoms with Gasteiger partial charge in [-0.05, 0) is 31.0 Å².